The number of nitrogens with one attached hydrogen (secondary N) is 1. The maximum atomic E-state index is 5.70. The summed E-state index contributed by atoms with van der Waals surface area (Å²) >= 11 is 0. The van der Waals surface area contributed by atoms with Crippen molar-refractivity contribution in [1.29, 1.82) is 0 Å². The van der Waals surface area contributed by atoms with Gasteiger partial charge >= 0.3 is 0 Å². The molecule has 0 saturated carbocycles. The van der Waals surface area contributed by atoms with E-state index in [2.05, 4.69) is 10.5 Å². The molecule has 1 fully saturated rings. The molecule has 0 aromatic heterocycles. The van der Waals surface area contributed by atoms with Crippen molar-refractivity contribution >= 4 is 5.71 Å². The van der Waals surface area contributed by atoms with Gasteiger partial charge in [0.1, 0.15) is 6.61 Å². The number of nitrogens with zero attached hydrogens (tertiary/aromatic N) is 1. The molecule has 1 aliphatic heterocycles. The molecule has 0 aromatic carbocycles. The molecule has 0 spiro atoms. The molecule has 4 nitrogen and oxygen atoms in total. The highest BCUT2D eigenvalue weighted by Gasteiger charge is 2.13. The Morgan fingerprint density at radius 2 is 2.64 bits per heavy atom. The highest BCUT2D eigenvalue weighted by Crippen LogP contribution is 1.97. The minimum Gasteiger partial charge on any atom is -0.396 e. The Morgan fingerprint density at radius 3 is 3.27 bits per heavy atom. The Labute approximate surface area is 66.8 Å². The Bertz CT molecular complexity index is 147. The van der Waals surface area contributed by atoms with Crippen LogP contribution in [0.3, 0.4) is 0 Å². The first-order valence-electron chi connectivity index (χ1n) is 3.97. The fourth-order valence-electron chi connectivity index (χ4n) is 1.07. The van der Waals surface area contributed by atoms with E-state index in [0.29, 0.717) is 6.61 Å². The number of rotatable bonds is 2. The summed E-state index contributed by atoms with van der Waals surface area (Å²) in [6.07, 6.45) is 0.854. The van der Waals surface area contributed by atoms with Crippen molar-refractivity contribution in [2.45, 2.75) is 19.4 Å². The van der Waals surface area contributed by atoms with Crippen LogP contribution >= 0.6 is 0 Å². The van der Waals surface area contributed by atoms with Crippen LogP contribution in [0.15, 0.2) is 5.16 Å². The summed E-state index contributed by atoms with van der Waals surface area (Å²) in [7, 11) is 0. The molecule has 4 heteroatoms. The lowest BCUT2D eigenvalue weighted by atomic mass is 10.1. The maximum absolute atomic E-state index is 5.70. The molecule has 1 aliphatic rings. The van der Waals surface area contributed by atoms with Crippen LogP contribution in [-0.4, -0.2) is 31.4 Å². The fourth-order valence-corrected chi connectivity index (χ4v) is 1.07. The lowest BCUT2D eigenvalue weighted by Gasteiger charge is -2.19. The molecule has 0 radical (unpaired) electrons. The average Bonchev–Trinajstić information content (AvgIpc) is 2.01. The molecule has 0 bridgehead atoms. The number of nitrogens with two attached hydrogens (primary N) is 1. The van der Waals surface area contributed by atoms with Gasteiger partial charge in [0.25, 0.3) is 0 Å². The van der Waals surface area contributed by atoms with E-state index in [1.807, 2.05) is 6.92 Å². The van der Waals surface area contributed by atoms with Crippen LogP contribution in [-0.2, 0) is 4.84 Å². The summed E-state index contributed by atoms with van der Waals surface area (Å²) in [6.45, 7) is 4.23. The molecule has 11 heavy (non-hydrogen) atoms. The van der Waals surface area contributed by atoms with Gasteiger partial charge in [-0.05, 0) is 6.92 Å². The third-order valence-electron chi connectivity index (χ3n) is 1.56. The number of hydrogen-bond acceptors (Lipinski definition) is 4. The Hall–Kier alpha value is -0.610. The van der Waals surface area contributed by atoms with Crippen LogP contribution in [0.5, 0.6) is 0 Å². The van der Waals surface area contributed by atoms with E-state index in [1.165, 1.54) is 0 Å². The minimum absolute atomic E-state index is 0.197. The van der Waals surface area contributed by atoms with Gasteiger partial charge < -0.3 is 15.9 Å². The molecule has 1 heterocycles. The molecule has 0 aromatic rings. The van der Waals surface area contributed by atoms with Crippen molar-refractivity contribution in [1.82, 2.24) is 5.32 Å². The molecule has 1 rings (SSSR count). The third-order valence-corrected chi connectivity index (χ3v) is 1.56. The third kappa shape index (κ3) is 2.86. The van der Waals surface area contributed by atoms with E-state index in [4.69, 9.17) is 10.6 Å². The van der Waals surface area contributed by atoms with Crippen molar-refractivity contribution < 1.29 is 4.84 Å². The lowest BCUT2D eigenvalue weighted by molar-refractivity contribution is 0.157. The van der Waals surface area contributed by atoms with Crippen molar-refractivity contribution in [2.75, 3.05) is 19.7 Å². The molecular formula is C7H15N3O. The van der Waals surface area contributed by atoms with Gasteiger partial charge in [0.2, 0.25) is 0 Å². The zero-order valence-electron chi connectivity index (χ0n) is 6.84. The molecule has 1 atom stereocenters. The van der Waals surface area contributed by atoms with Gasteiger partial charge in [0.15, 0.2) is 0 Å². The van der Waals surface area contributed by atoms with Gasteiger partial charge in [0, 0.05) is 25.6 Å². The highest BCUT2D eigenvalue weighted by atomic mass is 16.6. The van der Waals surface area contributed by atoms with Gasteiger partial charge in [-0.25, -0.2) is 0 Å². The van der Waals surface area contributed by atoms with Gasteiger partial charge in [0.05, 0.1) is 5.71 Å². The second-order valence-electron chi connectivity index (χ2n) is 2.67. The monoisotopic (exact) mass is 157 g/mol. The normalized spacial score (nSPS) is 28.9. The van der Waals surface area contributed by atoms with Crippen molar-refractivity contribution in [2.24, 2.45) is 10.9 Å². The first-order chi connectivity index (χ1) is 5.33. The first-order valence-corrected chi connectivity index (χ1v) is 3.97. The van der Waals surface area contributed by atoms with Gasteiger partial charge in [-0.1, -0.05) is 5.16 Å². The summed E-state index contributed by atoms with van der Waals surface area (Å²) in [5.74, 6) is 0. The second-order valence-corrected chi connectivity index (χ2v) is 2.67. The fraction of sp³-hybridized carbons (Fsp3) is 0.857. The van der Waals surface area contributed by atoms with Gasteiger partial charge in [-0.3, -0.25) is 0 Å². The van der Waals surface area contributed by atoms with Crippen LogP contribution in [0, 0.1) is 0 Å². The molecule has 1 saturated heterocycles. The molecule has 3 N–H and O–H groups in total. The van der Waals surface area contributed by atoms with E-state index in [9.17, 15) is 0 Å². The molecule has 64 valence electrons. The molecular weight excluding hydrogens is 142 g/mol. The second kappa shape index (κ2) is 4.31. The smallest absolute Gasteiger partial charge is 0.114 e. The van der Waals surface area contributed by atoms with Crippen molar-refractivity contribution in [3.05, 3.63) is 0 Å². The largest absolute Gasteiger partial charge is 0.396 e. The minimum atomic E-state index is 0.197. The van der Waals surface area contributed by atoms with Crippen LogP contribution in [0.1, 0.15) is 13.3 Å². The molecule has 0 aliphatic carbocycles. The highest BCUT2D eigenvalue weighted by molar-refractivity contribution is 5.87. The zero-order chi connectivity index (χ0) is 8.10. The molecule has 1 unspecified atom stereocenters. The summed E-state index contributed by atoms with van der Waals surface area (Å²) in [6, 6.07) is 0.197. The average molecular weight is 157 g/mol. The predicted octanol–water partition coefficient (Wildman–Crippen LogP) is -0.300. The standard InChI is InChI=1S/C7H15N3O/c1-2-11-10-7-3-6(8)4-9-5-7/h6,9H,2-5,8H2,1H3/b10-7+. The zero-order valence-corrected chi connectivity index (χ0v) is 6.84. The SMILES string of the molecule is CCO/N=C1/CNCC(N)C1. The van der Waals surface area contributed by atoms with Crippen molar-refractivity contribution in [3.8, 4) is 0 Å². The Balaban J connectivity index is 2.32. The predicted molar refractivity (Wildman–Crippen MR) is 44.5 cm³/mol. The summed E-state index contributed by atoms with van der Waals surface area (Å²) in [4.78, 5) is 4.91. The van der Waals surface area contributed by atoms with Crippen LogP contribution in [0.25, 0.3) is 0 Å². The van der Waals surface area contributed by atoms with Gasteiger partial charge in [-0.15, -0.1) is 0 Å². The van der Waals surface area contributed by atoms with E-state index in [1.54, 1.807) is 0 Å². The summed E-state index contributed by atoms with van der Waals surface area (Å²) in [5, 5.41) is 7.08. The molecule has 0 amide bonds. The van der Waals surface area contributed by atoms with Crippen LogP contribution in [0.2, 0.25) is 0 Å². The number of oxime groups is 1. The summed E-state index contributed by atoms with van der Waals surface area (Å²) < 4.78 is 0. The van der Waals surface area contributed by atoms with E-state index in [0.717, 1.165) is 25.2 Å². The van der Waals surface area contributed by atoms with E-state index < -0.39 is 0 Å². The van der Waals surface area contributed by atoms with Crippen molar-refractivity contribution in [3.63, 3.8) is 0 Å². The van der Waals surface area contributed by atoms with E-state index in [-0.39, 0.29) is 6.04 Å². The Kier molecular flexibility index (Phi) is 3.32. The van der Waals surface area contributed by atoms with E-state index >= 15 is 0 Å². The van der Waals surface area contributed by atoms with Crippen LogP contribution in [0.4, 0.5) is 0 Å². The summed E-state index contributed by atoms with van der Waals surface area (Å²) in [5.41, 5.74) is 6.72. The van der Waals surface area contributed by atoms with Gasteiger partial charge in [-0.2, -0.15) is 0 Å². The quantitative estimate of drug-likeness (QED) is 0.541. The topological polar surface area (TPSA) is 59.6 Å². The maximum Gasteiger partial charge on any atom is 0.114 e. The number of hydrogen-bond donors (Lipinski definition) is 2. The first kappa shape index (κ1) is 8.49. The van der Waals surface area contributed by atoms with Crippen LogP contribution < -0.4 is 11.1 Å². The number of piperidine rings is 1. The lowest BCUT2D eigenvalue weighted by Crippen LogP contribution is -2.44. The Morgan fingerprint density at radius 1 is 1.82 bits per heavy atom.